The Kier molecular flexibility index (Phi) is 8.18. The van der Waals surface area contributed by atoms with Crippen LogP contribution in [0.25, 0.3) is 10.4 Å². The number of benzene rings is 1. The molecule has 0 saturated heterocycles. The number of amides is 1. The number of thioether (sulfide) groups is 1. The van der Waals surface area contributed by atoms with E-state index in [1.54, 1.807) is 12.1 Å². The van der Waals surface area contributed by atoms with E-state index in [-0.39, 0.29) is 45.9 Å². The number of pyridine rings is 1. The molecule has 0 aliphatic rings. The molecule has 0 saturated carbocycles. The lowest BCUT2D eigenvalue weighted by atomic mass is 10.0. The third-order valence-electron chi connectivity index (χ3n) is 4.99. The van der Waals surface area contributed by atoms with Crippen LogP contribution in [-0.2, 0) is 14.8 Å². The van der Waals surface area contributed by atoms with Crippen LogP contribution in [0.4, 0.5) is 17.5 Å². The van der Waals surface area contributed by atoms with Crippen LogP contribution in [0.15, 0.2) is 70.2 Å². The predicted molar refractivity (Wildman–Crippen MR) is 145 cm³/mol. The molecule has 3 aromatic heterocycles. The highest BCUT2D eigenvalue weighted by atomic mass is 32.2. The van der Waals surface area contributed by atoms with Crippen molar-refractivity contribution in [2.75, 3.05) is 21.5 Å². The minimum atomic E-state index is -3.89. The fraction of sp³-hybridized carbons (Fsp3) is 0.0833. The van der Waals surface area contributed by atoms with E-state index in [1.807, 2.05) is 17.5 Å². The van der Waals surface area contributed by atoms with E-state index in [2.05, 4.69) is 31.1 Å². The van der Waals surface area contributed by atoms with Crippen LogP contribution in [0.5, 0.6) is 0 Å². The standard InChI is InChI=1S/C24H18N8O3S3/c25-13-17-21(19-3-1-11-36-19)18(14-26)23(31-22(17)27)37-12-8-20(33)30-15-4-6-16(7-5-15)38(34,35)32-24-28-9-2-10-29-24/h1-7,9-11H,8,12H2,(H2,27,31)(H,30,33)(H,28,29,32). The lowest BCUT2D eigenvalue weighted by Crippen LogP contribution is -2.15. The number of nitrogens with zero attached hydrogens (tertiary/aromatic N) is 5. The van der Waals surface area contributed by atoms with Crippen molar-refractivity contribution in [2.45, 2.75) is 16.3 Å². The predicted octanol–water partition coefficient (Wildman–Crippen LogP) is 3.85. The number of thiophene rings is 1. The number of rotatable bonds is 9. The van der Waals surface area contributed by atoms with E-state index in [9.17, 15) is 23.7 Å². The van der Waals surface area contributed by atoms with Crippen LogP contribution in [0.2, 0.25) is 0 Å². The second kappa shape index (κ2) is 11.7. The monoisotopic (exact) mass is 562 g/mol. The first kappa shape index (κ1) is 26.6. The number of hydrogen-bond donors (Lipinski definition) is 3. The molecule has 14 heteroatoms. The number of carbonyl (C=O) groups is 1. The normalized spacial score (nSPS) is 10.8. The van der Waals surface area contributed by atoms with E-state index in [4.69, 9.17) is 5.73 Å². The van der Waals surface area contributed by atoms with E-state index in [0.717, 1.165) is 4.88 Å². The minimum absolute atomic E-state index is 0.0187. The van der Waals surface area contributed by atoms with Crippen LogP contribution >= 0.6 is 23.1 Å². The van der Waals surface area contributed by atoms with E-state index in [1.165, 1.54) is 59.8 Å². The maximum absolute atomic E-state index is 12.5. The largest absolute Gasteiger partial charge is 0.383 e. The number of nitrogen functional groups attached to an aromatic ring is 1. The first-order valence-electron chi connectivity index (χ1n) is 10.8. The Labute approximate surface area is 226 Å². The smallest absolute Gasteiger partial charge is 0.264 e. The zero-order valence-corrected chi connectivity index (χ0v) is 21.9. The Balaban J connectivity index is 1.39. The van der Waals surface area contributed by atoms with Gasteiger partial charge in [-0.15, -0.1) is 23.1 Å². The fourth-order valence-corrected chi connectivity index (χ4v) is 5.96. The Bertz CT molecular complexity index is 1650. The quantitative estimate of drug-likeness (QED) is 0.253. The summed E-state index contributed by atoms with van der Waals surface area (Å²) in [5.41, 5.74) is 7.22. The van der Waals surface area contributed by atoms with Crippen LogP contribution < -0.4 is 15.8 Å². The molecule has 190 valence electrons. The summed E-state index contributed by atoms with van der Waals surface area (Å²) >= 11 is 2.56. The number of hydrogen-bond acceptors (Lipinski definition) is 11. The SMILES string of the molecule is N#Cc1c(N)nc(SCCC(=O)Nc2ccc(S(=O)(=O)Nc3ncccn3)cc2)c(C#N)c1-c1cccs1. The Morgan fingerprint density at radius 2 is 1.76 bits per heavy atom. The molecular formula is C24H18N8O3S3. The fourth-order valence-electron chi connectivity index (χ4n) is 3.28. The van der Waals surface area contributed by atoms with Crippen LogP contribution in [0.1, 0.15) is 17.5 Å². The summed E-state index contributed by atoms with van der Waals surface area (Å²) in [5, 5.41) is 24.2. The molecule has 4 rings (SSSR count). The molecule has 11 nitrogen and oxygen atoms in total. The summed E-state index contributed by atoms with van der Waals surface area (Å²) in [6, 6.07) is 15.0. The highest BCUT2D eigenvalue weighted by Crippen LogP contribution is 2.37. The third kappa shape index (κ3) is 6.07. The third-order valence-corrected chi connectivity index (χ3v) is 8.20. The van der Waals surface area contributed by atoms with Gasteiger partial charge in [0.2, 0.25) is 11.9 Å². The Hall–Kier alpha value is -4.50. The maximum atomic E-state index is 12.5. The molecule has 38 heavy (non-hydrogen) atoms. The van der Waals surface area contributed by atoms with Gasteiger partial charge in [-0.3, -0.25) is 4.79 Å². The van der Waals surface area contributed by atoms with Gasteiger partial charge >= 0.3 is 0 Å². The number of aromatic nitrogens is 3. The Morgan fingerprint density at radius 1 is 1.05 bits per heavy atom. The van der Waals surface area contributed by atoms with Gasteiger partial charge in [0, 0.05) is 40.7 Å². The van der Waals surface area contributed by atoms with Gasteiger partial charge in [0.05, 0.1) is 10.5 Å². The van der Waals surface area contributed by atoms with Crippen LogP contribution in [-0.4, -0.2) is 35.0 Å². The number of nitrogens with two attached hydrogens (primary N) is 1. The first-order chi connectivity index (χ1) is 18.3. The second-order valence-corrected chi connectivity index (χ2v) is 11.2. The zero-order valence-electron chi connectivity index (χ0n) is 19.5. The van der Waals surface area contributed by atoms with Gasteiger partial charge in [0.1, 0.15) is 28.5 Å². The molecule has 0 aliphatic heterocycles. The van der Waals surface area contributed by atoms with Gasteiger partial charge < -0.3 is 11.1 Å². The van der Waals surface area contributed by atoms with Gasteiger partial charge in [0.15, 0.2) is 0 Å². The number of nitriles is 2. The number of carbonyl (C=O) groups excluding carboxylic acids is 1. The number of nitrogens with one attached hydrogen (secondary N) is 2. The molecule has 0 atom stereocenters. The van der Waals surface area contributed by atoms with Gasteiger partial charge in [0.25, 0.3) is 10.0 Å². The minimum Gasteiger partial charge on any atom is -0.383 e. The van der Waals surface area contributed by atoms with E-state index >= 15 is 0 Å². The van der Waals surface area contributed by atoms with Crippen molar-refractivity contribution in [3.05, 3.63) is 71.4 Å². The molecule has 0 bridgehead atoms. The highest BCUT2D eigenvalue weighted by Gasteiger charge is 2.21. The molecule has 0 unspecified atom stereocenters. The molecule has 0 aliphatic carbocycles. The summed E-state index contributed by atoms with van der Waals surface area (Å²) in [5.74, 6) is -0.0633. The van der Waals surface area contributed by atoms with Crippen molar-refractivity contribution >= 4 is 56.5 Å². The Morgan fingerprint density at radius 3 is 2.39 bits per heavy atom. The zero-order chi connectivity index (χ0) is 27.1. The lowest BCUT2D eigenvalue weighted by molar-refractivity contribution is -0.115. The van der Waals surface area contributed by atoms with E-state index < -0.39 is 10.0 Å². The van der Waals surface area contributed by atoms with Crippen molar-refractivity contribution in [1.29, 1.82) is 10.5 Å². The van der Waals surface area contributed by atoms with Gasteiger partial charge in [-0.1, -0.05) is 6.07 Å². The number of sulfonamides is 1. The molecule has 1 aromatic carbocycles. The van der Waals surface area contributed by atoms with Crippen molar-refractivity contribution in [3.8, 4) is 22.6 Å². The molecule has 3 heterocycles. The van der Waals surface area contributed by atoms with Crippen LogP contribution in [0, 0.1) is 22.7 Å². The van der Waals surface area contributed by atoms with Crippen molar-refractivity contribution in [3.63, 3.8) is 0 Å². The average Bonchev–Trinajstić information content (AvgIpc) is 3.44. The summed E-state index contributed by atoms with van der Waals surface area (Å²) < 4.78 is 27.3. The first-order valence-corrected chi connectivity index (χ1v) is 14.2. The molecule has 0 radical (unpaired) electrons. The van der Waals surface area contributed by atoms with Gasteiger partial charge in [-0.2, -0.15) is 10.5 Å². The summed E-state index contributed by atoms with van der Waals surface area (Å²) in [7, 11) is -3.89. The molecule has 1 amide bonds. The lowest BCUT2D eigenvalue weighted by Gasteiger charge is -2.11. The summed E-state index contributed by atoms with van der Waals surface area (Å²) in [6.07, 6.45) is 2.91. The molecule has 4 aromatic rings. The molecule has 0 fully saturated rings. The summed E-state index contributed by atoms with van der Waals surface area (Å²) in [6.45, 7) is 0. The van der Waals surface area contributed by atoms with Crippen molar-refractivity contribution in [1.82, 2.24) is 15.0 Å². The average molecular weight is 563 g/mol. The van der Waals surface area contributed by atoms with Gasteiger partial charge in [-0.05, 0) is 41.8 Å². The highest BCUT2D eigenvalue weighted by molar-refractivity contribution is 7.99. The van der Waals surface area contributed by atoms with Crippen LogP contribution in [0.3, 0.4) is 0 Å². The number of anilines is 3. The molecular weight excluding hydrogens is 545 g/mol. The van der Waals surface area contributed by atoms with Crippen molar-refractivity contribution in [2.24, 2.45) is 0 Å². The second-order valence-electron chi connectivity index (χ2n) is 7.48. The maximum Gasteiger partial charge on any atom is 0.264 e. The topological polar surface area (TPSA) is 188 Å². The van der Waals surface area contributed by atoms with Gasteiger partial charge in [-0.25, -0.2) is 28.1 Å². The summed E-state index contributed by atoms with van der Waals surface area (Å²) in [4.78, 5) is 25.1. The molecule has 4 N–H and O–H groups in total. The van der Waals surface area contributed by atoms with Crippen molar-refractivity contribution < 1.29 is 13.2 Å². The van der Waals surface area contributed by atoms with E-state index in [0.29, 0.717) is 16.3 Å². The molecule has 0 spiro atoms.